The first-order chi connectivity index (χ1) is 19.7. The summed E-state index contributed by atoms with van der Waals surface area (Å²) < 4.78 is 16.9. The van der Waals surface area contributed by atoms with E-state index in [1.165, 1.54) is 26.2 Å². The predicted octanol–water partition coefficient (Wildman–Crippen LogP) is 5.86. The quantitative estimate of drug-likeness (QED) is 0.115. The number of nitrogens with two attached hydrogens (primary N) is 1. The topological polar surface area (TPSA) is 149 Å². The summed E-state index contributed by atoms with van der Waals surface area (Å²) in [7, 11) is 1.44. The van der Waals surface area contributed by atoms with Crippen LogP contribution in [0.15, 0.2) is 78.9 Å². The van der Waals surface area contributed by atoms with E-state index in [-0.39, 0.29) is 23.2 Å². The number of carbonyl (C=O) groups excluding carboxylic acids is 3. The highest BCUT2D eigenvalue weighted by Gasteiger charge is 2.28. The molecular weight excluding hydrogens is 526 g/mol. The number of hydrogen-bond donors (Lipinski definition) is 4. The molecule has 0 saturated carbocycles. The van der Waals surface area contributed by atoms with Gasteiger partial charge in [-0.25, -0.2) is 4.79 Å². The number of ether oxygens (including phenoxy) is 3. The number of methoxy groups -OCH3 is 1. The Labute approximate surface area is 239 Å². The zero-order valence-electron chi connectivity index (χ0n) is 23.3. The fourth-order valence-electron chi connectivity index (χ4n) is 4.07. The maximum Gasteiger partial charge on any atom is 0.412 e. The number of amides is 2. The van der Waals surface area contributed by atoms with E-state index in [0.717, 1.165) is 0 Å². The summed E-state index contributed by atoms with van der Waals surface area (Å²) in [5.41, 5.74) is 8.30. The standard InChI is InChI=1S/C31H35N3O7/c1-4-40-28(11-7-8-12-29(37)34-25-10-6-5-9-24(25)32)30(22-15-18-27(39-3)26(36)19-22)41-31(38)33-23-16-13-21(14-17-23)20(2)35/h5-6,8-10,12-19,28,30,36H,4,7,11,32H2,1-3H3,(H,33,38)(H,34,37)/b12-8+/t28-,30-/m1/s1. The summed E-state index contributed by atoms with van der Waals surface area (Å²) in [6.07, 6.45) is 1.65. The number of anilines is 3. The van der Waals surface area contributed by atoms with Crippen molar-refractivity contribution in [3.8, 4) is 11.5 Å². The number of phenolic OH excluding ortho intramolecular Hbond substituents is 1. The molecule has 41 heavy (non-hydrogen) atoms. The van der Waals surface area contributed by atoms with Gasteiger partial charge in [-0.05, 0) is 86.9 Å². The van der Waals surface area contributed by atoms with Crippen LogP contribution in [-0.2, 0) is 14.3 Å². The van der Waals surface area contributed by atoms with E-state index in [4.69, 9.17) is 19.9 Å². The van der Waals surface area contributed by atoms with Gasteiger partial charge >= 0.3 is 6.09 Å². The molecule has 3 aromatic carbocycles. The third-order valence-electron chi connectivity index (χ3n) is 6.13. The summed E-state index contributed by atoms with van der Waals surface area (Å²) >= 11 is 0. The molecule has 5 N–H and O–H groups in total. The fourth-order valence-corrected chi connectivity index (χ4v) is 4.07. The molecule has 0 fully saturated rings. The number of allylic oxidation sites excluding steroid dienone is 1. The molecule has 0 aliphatic heterocycles. The molecule has 2 atom stereocenters. The Hall–Kier alpha value is -4.83. The highest BCUT2D eigenvalue weighted by Crippen LogP contribution is 2.34. The van der Waals surface area contributed by atoms with Crippen LogP contribution in [0.5, 0.6) is 11.5 Å². The Morgan fingerprint density at radius 3 is 2.39 bits per heavy atom. The molecule has 0 aromatic heterocycles. The monoisotopic (exact) mass is 561 g/mol. The van der Waals surface area contributed by atoms with Crippen LogP contribution in [0, 0.1) is 0 Å². The molecule has 2 amide bonds. The van der Waals surface area contributed by atoms with Gasteiger partial charge in [0, 0.05) is 17.9 Å². The second-order valence-corrected chi connectivity index (χ2v) is 9.07. The average molecular weight is 562 g/mol. The van der Waals surface area contributed by atoms with Crippen molar-refractivity contribution in [3.05, 3.63) is 90.0 Å². The summed E-state index contributed by atoms with van der Waals surface area (Å²) in [5, 5.41) is 15.8. The molecule has 10 nitrogen and oxygen atoms in total. The van der Waals surface area contributed by atoms with Gasteiger partial charge < -0.3 is 30.4 Å². The third-order valence-corrected chi connectivity index (χ3v) is 6.13. The summed E-state index contributed by atoms with van der Waals surface area (Å²) in [5.74, 6) is -0.276. The number of para-hydroxylation sites is 2. The summed E-state index contributed by atoms with van der Waals surface area (Å²) in [6, 6.07) is 18.1. The van der Waals surface area contributed by atoms with E-state index < -0.39 is 18.3 Å². The first-order valence-electron chi connectivity index (χ1n) is 13.1. The highest BCUT2D eigenvalue weighted by atomic mass is 16.6. The second-order valence-electron chi connectivity index (χ2n) is 9.07. The zero-order chi connectivity index (χ0) is 29.8. The minimum absolute atomic E-state index is 0.0891. The molecular formula is C31H35N3O7. The lowest BCUT2D eigenvalue weighted by Crippen LogP contribution is -2.29. The number of nitrogens with one attached hydrogen (secondary N) is 2. The first-order valence-corrected chi connectivity index (χ1v) is 13.1. The zero-order valence-corrected chi connectivity index (χ0v) is 23.3. The molecule has 0 saturated heterocycles. The van der Waals surface area contributed by atoms with Crippen LogP contribution < -0.4 is 21.1 Å². The van der Waals surface area contributed by atoms with Crippen LogP contribution in [0.4, 0.5) is 21.9 Å². The molecule has 0 aliphatic rings. The molecule has 216 valence electrons. The van der Waals surface area contributed by atoms with Gasteiger partial charge in [0.05, 0.1) is 24.6 Å². The Balaban J connectivity index is 1.74. The van der Waals surface area contributed by atoms with E-state index in [1.54, 1.807) is 66.7 Å². The lowest BCUT2D eigenvalue weighted by atomic mass is 9.99. The van der Waals surface area contributed by atoms with Gasteiger partial charge in [0.2, 0.25) is 5.91 Å². The van der Waals surface area contributed by atoms with Gasteiger partial charge in [-0.2, -0.15) is 0 Å². The number of benzene rings is 3. The van der Waals surface area contributed by atoms with Gasteiger partial charge in [0.1, 0.15) is 0 Å². The third kappa shape index (κ3) is 9.11. The minimum Gasteiger partial charge on any atom is -0.504 e. The van der Waals surface area contributed by atoms with Gasteiger partial charge in [0.25, 0.3) is 0 Å². The van der Waals surface area contributed by atoms with E-state index >= 15 is 0 Å². The molecule has 0 heterocycles. The van der Waals surface area contributed by atoms with Crippen molar-refractivity contribution >= 4 is 34.8 Å². The number of ketones is 1. The predicted molar refractivity (Wildman–Crippen MR) is 157 cm³/mol. The van der Waals surface area contributed by atoms with Crippen molar-refractivity contribution in [2.24, 2.45) is 0 Å². The normalized spacial score (nSPS) is 12.4. The number of hydrogen-bond acceptors (Lipinski definition) is 8. The van der Waals surface area contributed by atoms with Crippen LogP contribution in [0.1, 0.15) is 48.7 Å². The van der Waals surface area contributed by atoms with Gasteiger partial charge in [0.15, 0.2) is 23.4 Å². The van der Waals surface area contributed by atoms with Crippen molar-refractivity contribution < 1.29 is 33.7 Å². The van der Waals surface area contributed by atoms with Crippen molar-refractivity contribution in [2.75, 3.05) is 30.1 Å². The Kier molecular flexibility index (Phi) is 11.3. The van der Waals surface area contributed by atoms with Crippen molar-refractivity contribution in [3.63, 3.8) is 0 Å². The minimum atomic E-state index is -0.908. The van der Waals surface area contributed by atoms with Crippen molar-refractivity contribution in [1.29, 1.82) is 0 Å². The van der Waals surface area contributed by atoms with E-state index in [0.29, 0.717) is 47.6 Å². The molecule has 0 unspecified atom stereocenters. The molecule has 3 aromatic rings. The fraction of sp³-hybridized carbons (Fsp3) is 0.258. The van der Waals surface area contributed by atoms with Crippen LogP contribution >= 0.6 is 0 Å². The number of rotatable bonds is 13. The Morgan fingerprint density at radius 1 is 1.02 bits per heavy atom. The average Bonchev–Trinajstić information content (AvgIpc) is 2.95. The Morgan fingerprint density at radius 2 is 1.76 bits per heavy atom. The largest absolute Gasteiger partial charge is 0.504 e. The molecule has 0 radical (unpaired) electrons. The van der Waals surface area contributed by atoms with Gasteiger partial charge in [-0.1, -0.05) is 24.3 Å². The number of carbonyl (C=O) groups is 3. The summed E-state index contributed by atoms with van der Waals surface area (Å²) in [6.45, 7) is 3.61. The molecule has 3 rings (SSSR count). The maximum absolute atomic E-state index is 12.9. The smallest absolute Gasteiger partial charge is 0.412 e. The number of Topliss-reactive ketones (excluding diaryl/α,β-unsaturated/α-hetero) is 1. The van der Waals surface area contributed by atoms with E-state index in [2.05, 4.69) is 10.6 Å². The van der Waals surface area contributed by atoms with Crippen LogP contribution in [0.25, 0.3) is 0 Å². The van der Waals surface area contributed by atoms with Crippen LogP contribution in [-0.4, -0.2) is 42.7 Å². The molecule has 0 spiro atoms. The molecule has 10 heteroatoms. The first kappa shape index (κ1) is 30.7. The lowest BCUT2D eigenvalue weighted by Gasteiger charge is -2.27. The van der Waals surface area contributed by atoms with Crippen LogP contribution in [0.2, 0.25) is 0 Å². The maximum atomic E-state index is 12.9. The van der Waals surface area contributed by atoms with E-state index in [1.807, 2.05) is 6.92 Å². The van der Waals surface area contributed by atoms with E-state index in [9.17, 15) is 19.5 Å². The number of aromatic hydroxyl groups is 1. The molecule has 0 aliphatic carbocycles. The van der Waals surface area contributed by atoms with Crippen LogP contribution in [0.3, 0.4) is 0 Å². The number of phenols is 1. The second kappa shape index (κ2) is 15.1. The lowest BCUT2D eigenvalue weighted by molar-refractivity contribution is -0.111. The number of nitrogen functional groups attached to an aromatic ring is 1. The SMILES string of the molecule is CCO[C@H](CC/C=C/C(=O)Nc1ccccc1N)[C@H](OC(=O)Nc1ccc(C(C)=O)cc1)c1ccc(OC)c(O)c1. The highest BCUT2D eigenvalue weighted by molar-refractivity contribution is 6.01. The Bertz CT molecular complexity index is 1370. The van der Waals surface area contributed by atoms with Gasteiger partial charge in [-0.15, -0.1) is 0 Å². The molecule has 0 bridgehead atoms. The summed E-state index contributed by atoms with van der Waals surface area (Å²) in [4.78, 5) is 36.8. The van der Waals surface area contributed by atoms with Crippen molar-refractivity contribution in [2.45, 2.75) is 38.9 Å². The van der Waals surface area contributed by atoms with Gasteiger partial charge in [-0.3, -0.25) is 14.9 Å². The van der Waals surface area contributed by atoms with Crippen molar-refractivity contribution in [1.82, 2.24) is 0 Å².